The van der Waals surface area contributed by atoms with Crippen LogP contribution in [0.1, 0.15) is 16.5 Å². The summed E-state index contributed by atoms with van der Waals surface area (Å²) in [4.78, 5) is 11.8. The van der Waals surface area contributed by atoms with E-state index < -0.39 is 0 Å². The average Bonchev–Trinajstić information content (AvgIpc) is 2.86. The molecule has 0 unspecified atom stereocenters. The minimum Gasteiger partial charge on any atom is -0.312 e. The lowest BCUT2D eigenvalue weighted by atomic mass is 10.2. The van der Waals surface area contributed by atoms with Crippen molar-refractivity contribution in [1.82, 2.24) is 30.5 Å². The molecule has 3 N–H and O–H groups in total. The highest BCUT2D eigenvalue weighted by Crippen LogP contribution is 2.17. The highest BCUT2D eigenvalue weighted by molar-refractivity contribution is 6.02. The zero-order valence-corrected chi connectivity index (χ0v) is 8.92. The zero-order valence-electron chi connectivity index (χ0n) is 8.92. The molecule has 2 aromatic heterocycles. The zero-order chi connectivity index (χ0) is 11.7. The van der Waals surface area contributed by atoms with Crippen LogP contribution in [0.3, 0.4) is 0 Å². The number of nitrogens with one attached hydrogen (secondary N) is 3. The second kappa shape index (κ2) is 3.98. The Hall–Kier alpha value is -2.22. The van der Waals surface area contributed by atoms with Gasteiger partial charge in [-0.05, 0) is 0 Å². The van der Waals surface area contributed by atoms with Crippen molar-refractivity contribution in [2.45, 2.75) is 6.04 Å². The van der Waals surface area contributed by atoms with Gasteiger partial charge in [-0.25, -0.2) is 4.68 Å². The Morgan fingerprint density at radius 2 is 2.41 bits per heavy atom. The number of carbonyl (C=O) groups is 1. The summed E-state index contributed by atoms with van der Waals surface area (Å²) >= 11 is 0. The van der Waals surface area contributed by atoms with Gasteiger partial charge in [0.1, 0.15) is 5.82 Å². The second-order valence-electron chi connectivity index (χ2n) is 3.78. The van der Waals surface area contributed by atoms with Crippen LogP contribution in [0.15, 0.2) is 18.5 Å². The number of aromatic nitrogens is 5. The third kappa shape index (κ3) is 1.78. The molecule has 2 aromatic rings. The van der Waals surface area contributed by atoms with E-state index in [9.17, 15) is 4.79 Å². The Labute approximate surface area is 96.4 Å². The van der Waals surface area contributed by atoms with Crippen LogP contribution in [0.25, 0.3) is 0 Å². The maximum absolute atomic E-state index is 11.8. The Morgan fingerprint density at radius 1 is 1.53 bits per heavy atom. The summed E-state index contributed by atoms with van der Waals surface area (Å²) in [6.45, 7) is 1.74. The van der Waals surface area contributed by atoms with E-state index in [0.29, 0.717) is 11.9 Å². The van der Waals surface area contributed by atoms with Crippen molar-refractivity contribution in [1.29, 1.82) is 0 Å². The number of hydrogen-bond donors (Lipinski definition) is 3. The summed E-state index contributed by atoms with van der Waals surface area (Å²) in [5.41, 5.74) is 0.254. The molecule has 88 valence electrons. The highest BCUT2D eigenvalue weighted by Gasteiger charge is 2.22. The lowest BCUT2D eigenvalue weighted by molar-refractivity contribution is 0.102. The van der Waals surface area contributed by atoms with E-state index in [4.69, 9.17) is 0 Å². The van der Waals surface area contributed by atoms with Gasteiger partial charge in [0.05, 0.1) is 18.4 Å². The first-order valence-electron chi connectivity index (χ1n) is 5.26. The van der Waals surface area contributed by atoms with Crippen molar-refractivity contribution in [3.63, 3.8) is 0 Å². The molecule has 8 heteroatoms. The lowest BCUT2D eigenvalue weighted by Crippen LogP contribution is -2.44. The minimum absolute atomic E-state index is 0.254. The van der Waals surface area contributed by atoms with Gasteiger partial charge in [0.2, 0.25) is 0 Å². The molecule has 0 atom stereocenters. The second-order valence-corrected chi connectivity index (χ2v) is 3.78. The molecule has 3 rings (SSSR count). The number of hydrogen-bond acceptors (Lipinski definition) is 5. The summed E-state index contributed by atoms with van der Waals surface area (Å²) in [6, 6.07) is 2.06. The maximum Gasteiger partial charge on any atom is 0.278 e. The Bertz CT molecular complexity index is 513. The molecule has 0 spiro atoms. The van der Waals surface area contributed by atoms with E-state index >= 15 is 0 Å². The summed E-state index contributed by atoms with van der Waals surface area (Å²) in [5, 5.41) is 19.8. The van der Waals surface area contributed by atoms with Crippen molar-refractivity contribution in [2.75, 3.05) is 18.4 Å². The van der Waals surface area contributed by atoms with Gasteiger partial charge >= 0.3 is 0 Å². The molecule has 0 aromatic carbocycles. The van der Waals surface area contributed by atoms with E-state index in [0.717, 1.165) is 13.1 Å². The molecule has 1 aliphatic rings. The quantitative estimate of drug-likeness (QED) is 0.657. The Balaban J connectivity index is 1.76. The maximum atomic E-state index is 11.8. The molecule has 17 heavy (non-hydrogen) atoms. The van der Waals surface area contributed by atoms with Crippen molar-refractivity contribution in [3.05, 3.63) is 24.2 Å². The summed E-state index contributed by atoms with van der Waals surface area (Å²) in [7, 11) is 0. The molecule has 0 saturated carbocycles. The number of aromatic amines is 1. The first-order chi connectivity index (χ1) is 8.34. The molecule has 0 bridgehead atoms. The molecule has 3 heterocycles. The van der Waals surface area contributed by atoms with Gasteiger partial charge in [0.15, 0.2) is 5.69 Å². The third-order valence-corrected chi connectivity index (χ3v) is 2.67. The summed E-state index contributed by atoms with van der Waals surface area (Å²) in [6.07, 6.45) is 3.04. The van der Waals surface area contributed by atoms with Gasteiger partial charge < -0.3 is 10.6 Å². The van der Waals surface area contributed by atoms with Gasteiger partial charge in [0, 0.05) is 19.2 Å². The molecule has 0 radical (unpaired) electrons. The predicted octanol–water partition coefficient (Wildman–Crippen LogP) is -0.602. The van der Waals surface area contributed by atoms with Gasteiger partial charge in [-0.1, -0.05) is 0 Å². The topological polar surface area (TPSA) is 101 Å². The molecule has 1 saturated heterocycles. The summed E-state index contributed by atoms with van der Waals surface area (Å²) in [5.74, 6) is 0.372. The Kier molecular flexibility index (Phi) is 2.33. The SMILES string of the molecule is O=C(Nc1ccnn1C1CNC1)c1cn[nH]n1. The van der Waals surface area contributed by atoms with Crippen LogP contribution in [-0.4, -0.2) is 44.2 Å². The fraction of sp³-hybridized carbons (Fsp3) is 0.333. The fourth-order valence-corrected chi connectivity index (χ4v) is 1.64. The summed E-state index contributed by atoms with van der Waals surface area (Å²) < 4.78 is 1.80. The number of anilines is 1. The number of H-pyrrole nitrogens is 1. The molecule has 1 aliphatic heterocycles. The van der Waals surface area contributed by atoms with Crippen LogP contribution < -0.4 is 10.6 Å². The normalized spacial score (nSPS) is 15.5. The van der Waals surface area contributed by atoms with Crippen LogP contribution in [0, 0.1) is 0 Å². The van der Waals surface area contributed by atoms with Crippen LogP contribution in [-0.2, 0) is 0 Å². The van der Waals surface area contributed by atoms with Crippen molar-refractivity contribution < 1.29 is 4.79 Å². The number of nitrogens with zero attached hydrogens (tertiary/aromatic N) is 4. The predicted molar refractivity (Wildman–Crippen MR) is 58.5 cm³/mol. The van der Waals surface area contributed by atoms with Gasteiger partial charge in [0.25, 0.3) is 5.91 Å². The number of carbonyl (C=O) groups excluding carboxylic acids is 1. The van der Waals surface area contributed by atoms with Crippen molar-refractivity contribution in [3.8, 4) is 0 Å². The van der Waals surface area contributed by atoms with E-state index in [2.05, 4.69) is 31.1 Å². The smallest absolute Gasteiger partial charge is 0.278 e. The molecule has 1 fully saturated rings. The van der Waals surface area contributed by atoms with Gasteiger partial charge in [-0.2, -0.15) is 20.5 Å². The molecule has 0 aliphatic carbocycles. The van der Waals surface area contributed by atoms with E-state index in [-0.39, 0.29) is 11.6 Å². The first kappa shape index (κ1) is 9.97. The van der Waals surface area contributed by atoms with Gasteiger partial charge in [-0.3, -0.25) is 4.79 Å². The average molecular weight is 233 g/mol. The molecular weight excluding hydrogens is 222 g/mol. The van der Waals surface area contributed by atoms with Crippen LogP contribution in [0.5, 0.6) is 0 Å². The first-order valence-corrected chi connectivity index (χ1v) is 5.26. The van der Waals surface area contributed by atoms with E-state index in [1.807, 2.05) is 0 Å². The lowest BCUT2D eigenvalue weighted by Gasteiger charge is -2.28. The van der Waals surface area contributed by atoms with Crippen LogP contribution in [0.2, 0.25) is 0 Å². The largest absolute Gasteiger partial charge is 0.312 e. The molecule has 1 amide bonds. The standard InChI is InChI=1S/C9H11N7O/c17-9(7-5-11-15-14-7)13-8-1-2-12-16(8)6-3-10-4-6/h1-2,5-6,10H,3-4H2,(H,13,17)(H,11,14,15). The van der Waals surface area contributed by atoms with Crippen LogP contribution >= 0.6 is 0 Å². The number of amides is 1. The highest BCUT2D eigenvalue weighted by atomic mass is 16.2. The third-order valence-electron chi connectivity index (χ3n) is 2.67. The van der Waals surface area contributed by atoms with Crippen molar-refractivity contribution in [2.24, 2.45) is 0 Å². The molecular formula is C9H11N7O. The van der Waals surface area contributed by atoms with E-state index in [1.54, 1.807) is 16.9 Å². The number of rotatable bonds is 3. The van der Waals surface area contributed by atoms with Crippen molar-refractivity contribution >= 4 is 11.7 Å². The minimum atomic E-state index is -0.298. The fourth-order valence-electron chi connectivity index (χ4n) is 1.64. The molecule has 8 nitrogen and oxygen atoms in total. The Morgan fingerprint density at radius 3 is 3.06 bits per heavy atom. The van der Waals surface area contributed by atoms with Crippen LogP contribution in [0.4, 0.5) is 5.82 Å². The van der Waals surface area contributed by atoms with Gasteiger partial charge in [-0.15, -0.1) is 0 Å². The van der Waals surface area contributed by atoms with E-state index in [1.165, 1.54) is 6.20 Å². The monoisotopic (exact) mass is 233 g/mol.